The molecule has 8 heteroatoms. The molecule has 1 aromatic rings. The first-order chi connectivity index (χ1) is 9.61. The first kappa shape index (κ1) is 18.6. The lowest BCUT2D eigenvalue weighted by atomic mass is 10.2. The lowest BCUT2D eigenvalue weighted by Crippen LogP contribution is -1.99. The molecule has 0 radical (unpaired) electrons. The highest BCUT2D eigenvalue weighted by Gasteiger charge is 2.00. The number of hydrogen-bond donors (Lipinski definition) is 3. The molecule has 0 aromatic heterocycles. The molecule has 7 nitrogen and oxygen atoms in total. The van der Waals surface area contributed by atoms with Gasteiger partial charge in [0, 0.05) is 11.6 Å². The molecule has 0 aliphatic rings. The topological polar surface area (TPSA) is 129 Å². The fourth-order valence-corrected chi connectivity index (χ4v) is 1.30. The van der Waals surface area contributed by atoms with Crippen molar-refractivity contribution in [2.24, 2.45) is 0 Å². The minimum absolute atomic E-state index is 0.178. The van der Waals surface area contributed by atoms with Gasteiger partial charge in [-0.2, -0.15) is 8.42 Å². The van der Waals surface area contributed by atoms with Crippen LogP contribution in [0.2, 0.25) is 0 Å². The molecular weight excluding hydrogens is 300 g/mol. The average Bonchev–Trinajstić information content (AvgIpc) is 2.37. The summed E-state index contributed by atoms with van der Waals surface area (Å²) in [5, 5.41) is 16.8. The van der Waals surface area contributed by atoms with Gasteiger partial charge in [0.15, 0.2) is 0 Å². The zero-order valence-electron chi connectivity index (χ0n) is 11.0. The van der Waals surface area contributed by atoms with Crippen molar-refractivity contribution in [2.75, 3.05) is 0 Å². The van der Waals surface area contributed by atoms with E-state index in [-0.39, 0.29) is 5.57 Å². The molecule has 114 valence electrons. The molecule has 0 heterocycles. The summed E-state index contributed by atoms with van der Waals surface area (Å²) in [7, 11) is -4.00. The van der Waals surface area contributed by atoms with Crippen molar-refractivity contribution >= 4 is 28.1 Å². The second kappa shape index (κ2) is 8.67. The zero-order chi connectivity index (χ0) is 16.5. The van der Waals surface area contributed by atoms with Crippen molar-refractivity contribution in [3.05, 3.63) is 53.0 Å². The summed E-state index contributed by atoms with van der Waals surface area (Å²) >= 11 is 0. The molecule has 0 fully saturated rings. The van der Waals surface area contributed by atoms with E-state index in [0.717, 1.165) is 11.0 Å². The highest BCUT2D eigenvalue weighted by Crippen LogP contribution is 2.01. The first-order valence-electron chi connectivity index (χ1n) is 5.47. The number of carboxylic acids is 2. The first-order valence-corrected chi connectivity index (χ1v) is 6.97. The summed E-state index contributed by atoms with van der Waals surface area (Å²) in [5.41, 5.74) is 0.553. The van der Waals surface area contributed by atoms with E-state index in [9.17, 15) is 18.0 Å². The molecule has 3 N–H and O–H groups in total. The Hall–Kier alpha value is -2.45. The number of carbonyl (C=O) groups is 2. The third kappa shape index (κ3) is 11.1. The Balaban J connectivity index is 0.000000400. The van der Waals surface area contributed by atoms with E-state index in [4.69, 9.17) is 14.8 Å². The Labute approximate surface area is 121 Å². The van der Waals surface area contributed by atoms with Crippen molar-refractivity contribution in [3.8, 4) is 0 Å². The number of aliphatic carboxylic acids is 2. The number of rotatable bonds is 4. The highest BCUT2D eigenvalue weighted by atomic mass is 32.2. The van der Waals surface area contributed by atoms with E-state index >= 15 is 0 Å². The van der Waals surface area contributed by atoms with Gasteiger partial charge < -0.3 is 10.2 Å². The van der Waals surface area contributed by atoms with Crippen LogP contribution in [-0.2, 0) is 19.7 Å². The Morgan fingerprint density at radius 3 is 1.95 bits per heavy atom. The van der Waals surface area contributed by atoms with Crippen molar-refractivity contribution < 1.29 is 32.8 Å². The Morgan fingerprint density at radius 2 is 1.62 bits per heavy atom. The summed E-state index contributed by atoms with van der Waals surface area (Å²) in [6.45, 7) is 1.22. The number of carboxylic acid groups (broad SMARTS) is 2. The Kier molecular flexibility index (Phi) is 7.66. The third-order valence-corrected chi connectivity index (χ3v) is 2.39. The van der Waals surface area contributed by atoms with Crippen LogP contribution < -0.4 is 0 Å². The Bertz CT molecular complexity index is 642. The summed E-state index contributed by atoms with van der Waals surface area (Å²) in [6, 6.07) is 8.86. The molecule has 0 saturated heterocycles. The maximum Gasteiger partial charge on any atom is 0.331 e. The number of benzene rings is 1. The average molecular weight is 314 g/mol. The van der Waals surface area contributed by atoms with Crippen molar-refractivity contribution in [1.82, 2.24) is 0 Å². The second-order valence-corrected chi connectivity index (χ2v) is 5.00. The van der Waals surface area contributed by atoms with Crippen LogP contribution >= 0.6 is 0 Å². The highest BCUT2D eigenvalue weighted by molar-refractivity contribution is 7.88. The van der Waals surface area contributed by atoms with Crippen LogP contribution in [0, 0.1) is 0 Å². The molecule has 0 amide bonds. The van der Waals surface area contributed by atoms with Crippen LogP contribution in [0.1, 0.15) is 12.5 Å². The van der Waals surface area contributed by atoms with E-state index in [1.54, 1.807) is 24.3 Å². The minimum Gasteiger partial charge on any atom is -0.478 e. The molecule has 0 aliphatic heterocycles. The summed E-state index contributed by atoms with van der Waals surface area (Å²) in [4.78, 5) is 19.7. The SMILES string of the molecule is CC(=CC(=O)O)C(=O)O.O=S(=O)(O)C=Cc1ccccc1. The third-order valence-electron chi connectivity index (χ3n) is 1.91. The fraction of sp³-hybridized carbons (Fsp3) is 0.0769. The molecule has 0 spiro atoms. The standard InChI is InChI=1S/C8H8O3S.C5H6O4/c9-12(10,11)7-6-8-4-2-1-3-5-8;1-3(5(8)9)2-4(6)7/h1-7H,(H,9,10,11);2H,1H3,(H,6,7)(H,8,9). The molecule has 0 saturated carbocycles. The van der Waals surface area contributed by atoms with Gasteiger partial charge in [-0.25, -0.2) is 9.59 Å². The van der Waals surface area contributed by atoms with Crippen LogP contribution in [-0.4, -0.2) is 35.1 Å². The zero-order valence-corrected chi connectivity index (χ0v) is 11.8. The minimum atomic E-state index is -4.00. The molecular formula is C13H14O7S. The van der Waals surface area contributed by atoms with E-state index < -0.39 is 22.1 Å². The van der Waals surface area contributed by atoms with Gasteiger partial charge >= 0.3 is 11.9 Å². The van der Waals surface area contributed by atoms with Gasteiger partial charge in [0.05, 0.1) is 5.41 Å². The van der Waals surface area contributed by atoms with Gasteiger partial charge in [-0.15, -0.1) is 0 Å². The van der Waals surface area contributed by atoms with Crippen LogP contribution in [0.5, 0.6) is 0 Å². The smallest absolute Gasteiger partial charge is 0.331 e. The van der Waals surface area contributed by atoms with Gasteiger partial charge in [-0.3, -0.25) is 4.55 Å². The summed E-state index contributed by atoms with van der Waals surface area (Å²) < 4.78 is 28.9. The predicted octanol–water partition coefficient (Wildman–Crippen LogP) is 1.65. The monoisotopic (exact) mass is 314 g/mol. The van der Waals surface area contributed by atoms with E-state index in [0.29, 0.717) is 6.08 Å². The molecule has 1 aromatic carbocycles. The van der Waals surface area contributed by atoms with Crippen LogP contribution in [0.25, 0.3) is 6.08 Å². The largest absolute Gasteiger partial charge is 0.478 e. The van der Waals surface area contributed by atoms with E-state index in [2.05, 4.69) is 0 Å². The molecule has 0 unspecified atom stereocenters. The lowest BCUT2D eigenvalue weighted by Gasteiger charge is -1.89. The van der Waals surface area contributed by atoms with Crippen LogP contribution in [0.4, 0.5) is 0 Å². The van der Waals surface area contributed by atoms with Crippen molar-refractivity contribution in [1.29, 1.82) is 0 Å². The summed E-state index contributed by atoms with van der Waals surface area (Å²) in [5.74, 6) is -2.45. The van der Waals surface area contributed by atoms with Gasteiger partial charge in [-0.1, -0.05) is 30.3 Å². The number of hydrogen-bond acceptors (Lipinski definition) is 4. The molecule has 0 aliphatic carbocycles. The van der Waals surface area contributed by atoms with Crippen molar-refractivity contribution in [2.45, 2.75) is 6.92 Å². The van der Waals surface area contributed by atoms with E-state index in [1.165, 1.54) is 13.0 Å². The maximum atomic E-state index is 10.3. The molecule has 0 atom stereocenters. The van der Waals surface area contributed by atoms with Gasteiger partial charge in [0.1, 0.15) is 0 Å². The maximum absolute atomic E-state index is 10.3. The summed E-state index contributed by atoms with van der Waals surface area (Å²) in [6.07, 6.45) is 1.97. The fourth-order valence-electron chi connectivity index (χ4n) is 0.976. The quantitative estimate of drug-likeness (QED) is 0.569. The predicted molar refractivity (Wildman–Crippen MR) is 76.1 cm³/mol. The lowest BCUT2D eigenvalue weighted by molar-refractivity contribution is -0.135. The van der Waals surface area contributed by atoms with Gasteiger partial charge in [-0.05, 0) is 18.6 Å². The Morgan fingerprint density at radius 1 is 1.10 bits per heavy atom. The second-order valence-electron chi connectivity index (χ2n) is 3.70. The van der Waals surface area contributed by atoms with Gasteiger partial charge in [0.25, 0.3) is 10.1 Å². The normalized spacial score (nSPS) is 11.6. The van der Waals surface area contributed by atoms with Crippen molar-refractivity contribution in [3.63, 3.8) is 0 Å². The van der Waals surface area contributed by atoms with Crippen LogP contribution in [0.15, 0.2) is 47.4 Å². The molecule has 21 heavy (non-hydrogen) atoms. The van der Waals surface area contributed by atoms with E-state index in [1.807, 2.05) is 6.07 Å². The molecule has 0 bridgehead atoms. The molecule has 1 rings (SSSR count). The van der Waals surface area contributed by atoms with Crippen LogP contribution in [0.3, 0.4) is 0 Å². The van der Waals surface area contributed by atoms with Gasteiger partial charge in [0.2, 0.25) is 0 Å².